The fourth-order valence-corrected chi connectivity index (χ4v) is 6.31. The van der Waals surface area contributed by atoms with Crippen molar-refractivity contribution in [3.8, 4) is 0 Å². The van der Waals surface area contributed by atoms with Gasteiger partial charge in [-0.25, -0.2) is 8.57 Å². The fourth-order valence-electron chi connectivity index (χ4n) is 4.50. The first-order valence-corrected chi connectivity index (χ1v) is 11.2. The lowest BCUT2D eigenvalue weighted by molar-refractivity contribution is -0.296. The van der Waals surface area contributed by atoms with Gasteiger partial charge in [0.25, 0.3) is 0 Å². The van der Waals surface area contributed by atoms with E-state index in [4.69, 9.17) is 9.47 Å². The molecule has 5 heteroatoms. The van der Waals surface area contributed by atoms with Crippen LogP contribution in [0.3, 0.4) is 0 Å². The van der Waals surface area contributed by atoms with Gasteiger partial charge in [0, 0.05) is 30.2 Å². The maximum Gasteiger partial charge on any atom is 0.169 e. The summed E-state index contributed by atoms with van der Waals surface area (Å²) < 4.78 is 30.0. The molecule has 1 saturated heterocycles. The standard InChI is InChI=1S/C21H29NO3S/c1-20(2)14-24-21(25-15-20)11-17-9-16(10-18(17)12-21)13-26(23,22-3)19-7-5-4-6-8-19/h4-9,17-18H,10-15H2,1-3H3/t17-,18+,26-/m1/s1. The van der Waals surface area contributed by atoms with Crippen LogP contribution >= 0.6 is 0 Å². The zero-order valence-electron chi connectivity index (χ0n) is 15.9. The molecule has 1 aromatic carbocycles. The van der Waals surface area contributed by atoms with Crippen LogP contribution in [0.15, 0.2) is 51.2 Å². The number of hydrogen-bond donors (Lipinski definition) is 0. The third-order valence-corrected chi connectivity index (χ3v) is 8.30. The number of rotatable bonds is 3. The molecule has 142 valence electrons. The number of ether oxygens (including phenoxy) is 2. The molecule has 1 aliphatic heterocycles. The van der Waals surface area contributed by atoms with E-state index < -0.39 is 9.73 Å². The zero-order valence-corrected chi connectivity index (χ0v) is 16.8. The van der Waals surface area contributed by atoms with Crippen molar-refractivity contribution in [1.82, 2.24) is 0 Å². The van der Waals surface area contributed by atoms with Crippen molar-refractivity contribution in [2.75, 3.05) is 26.0 Å². The van der Waals surface area contributed by atoms with Crippen LogP contribution in [0.5, 0.6) is 0 Å². The zero-order chi connectivity index (χ0) is 18.4. The molecule has 1 saturated carbocycles. The van der Waals surface area contributed by atoms with E-state index in [0.29, 0.717) is 17.6 Å². The molecule has 0 unspecified atom stereocenters. The monoisotopic (exact) mass is 375 g/mol. The van der Waals surface area contributed by atoms with Crippen LogP contribution in [0, 0.1) is 17.3 Å². The lowest BCUT2D eigenvalue weighted by Gasteiger charge is -2.41. The van der Waals surface area contributed by atoms with Gasteiger partial charge in [-0.1, -0.05) is 43.7 Å². The molecular formula is C21H29NO3S. The van der Waals surface area contributed by atoms with Gasteiger partial charge in [0.15, 0.2) is 5.79 Å². The second kappa shape index (κ2) is 6.47. The lowest BCUT2D eigenvalue weighted by Crippen LogP contribution is -2.46. The van der Waals surface area contributed by atoms with Crippen molar-refractivity contribution < 1.29 is 13.7 Å². The summed E-state index contributed by atoms with van der Waals surface area (Å²) in [6, 6.07) is 9.66. The summed E-state index contributed by atoms with van der Waals surface area (Å²) in [5, 5.41) is 0. The number of benzene rings is 1. The minimum Gasteiger partial charge on any atom is -0.349 e. The molecule has 1 spiro atoms. The molecule has 2 fully saturated rings. The molecule has 3 aliphatic rings. The summed E-state index contributed by atoms with van der Waals surface area (Å²) in [4.78, 5) is 0.832. The third kappa shape index (κ3) is 3.37. The molecule has 2 aliphatic carbocycles. The van der Waals surface area contributed by atoms with Crippen LogP contribution in [-0.4, -0.2) is 36.0 Å². The summed E-state index contributed by atoms with van der Waals surface area (Å²) in [5.74, 6) is 1.18. The Morgan fingerprint density at radius 3 is 2.46 bits per heavy atom. The summed E-state index contributed by atoms with van der Waals surface area (Å²) in [7, 11) is -0.702. The van der Waals surface area contributed by atoms with Crippen LogP contribution in [0.2, 0.25) is 0 Å². The maximum atomic E-state index is 13.3. The molecule has 0 radical (unpaired) electrons. The van der Waals surface area contributed by atoms with E-state index in [1.807, 2.05) is 30.3 Å². The van der Waals surface area contributed by atoms with Gasteiger partial charge >= 0.3 is 0 Å². The summed E-state index contributed by atoms with van der Waals surface area (Å²) in [6.45, 7) is 5.89. The number of nitrogens with zero attached hydrogens (tertiary/aromatic N) is 1. The highest BCUT2D eigenvalue weighted by atomic mass is 32.2. The highest BCUT2D eigenvalue weighted by Crippen LogP contribution is 2.52. The average molecular weight is 376 g/mol. The third-order valence-electron chi connectivity index (χ3n) is 5.94. The molecular weight excluding hydrogens is 346 g/mol. The van der Waals surface area contributed by atoms with Crippen LogP contribution in [0.4, 0.5) is 0 Å². The average Bonchev–Trinajstić information content (AvgIpc) is 3.14. The first kappa shape index (κ1) is 18.2. The van der Waals surface area contributed by atoms with E-state index in [-0.39, 0.29) is 11.2 Å². The SMILES string of the molecule is CN=[S@@](=O)(CC1=C[C@@H]2CC3(C[C@@H]2C1)OCC(C)(C)CO3)c1ccccc1. The largest absolute Gasteiger partial charge is 0.349 e. The van der Waals surface area contributed by atoms with Gasteiger partial charge in [0.05, 0.1) is 28.7 Å². The van der Waals surface area contributed by atoms with Crippen LogP contribution in [0.25, 0.3) is 0 Å². The van der Waals surface area contributed by atoms with Crippen molar-refractivity contribution in [2.24, 2.45) is 21.6 Å². The van der Waals surface area contributed by atoms with Gasteiger partial charge in [-0.3, -0.25) is 0 Å². The Morgan fingerprint density at radius 1 is 1.15 bits per heavy atom. The van der Waals surface area contributed by atoms with E-state index in [0.717, 1.165) is 37.4 Å². The van der Waals surface area contributed by atoms with Crippen LogP contribution in [0.1, 0.15) is 33.1 Å². The molecule has 26 heavy (non-hydrogen) atoms. The van der Waals surface area contributed by atoms with Crippen molar-refractivity contribution >= 4 is 9.73 Å². The number of allylic oxidation sites excluding steroid dienone is 1. The van der Waals surface area contributed by atoms with Gasteiger partial charge in [-0.05, 0) is 30.4 Å². The van der Waals surface area contributed by atoms with E-state index >= 15 is 0 Å². The quantitative estimate of drug-likeness (QED) is 0.741. The Morgan fingerprint density at radius 2 is 1.85 bits per heavy atom. The lowest BCUT2D eigenvalue weighted by atomic mass is 9.94. The van der Waals surface area contributed by atoms with E-state index in [1.54, 1.807) is 7.05 Å². The molecule has 0 aromatic heterocycles. The normalized spacial score (nSPS) is 31.3. The van der Waals surface area contributed by atoms with Crippen molar-refractivity contribution in [3.05, 3.63) is 42.0 Å². The number of fused-ring (bicyclic) bond motifs is 1. The predicted octanol–water partition coefficient (Wildman–Crippen LogP) is 4.27. The maximum absolute atomic E-state index is 13.3. The first-order chi connectivity index (χ1) is 12.3. The molecule has 1 heterocycles. The smallest absolute Gasteiger partial charge is 0.169 e. The minimum atomic E-state index is -2.37. The molecule has 4 rings (SSSR count). The summed E-state index contributed by atoms with van der Waals surface area (Å²) in [5.41, 5.74) is 1.39. The Kier molecular flexibility index (Phi) is 4.53. The Balaban J connectivity index is 1.46. The van der Waals surface area contributed by atoms with E-state index in [9.17, 15) is 4.21 Å². The van der Waals surface area contributed by atoms with Gasteiger partial charge in [0.2, 0.25) is 0 Å². The molecule has 1 aromatic rings. The molecule has 4 nitrogen and oxygen atoms in total. The fraction of sp³-hybridized carbons (Fsp3) is 0.619. The van der Waals surface area contributed by atoms with Gasteiger partial charge in [0.1, 0.15) is 0 Å². The Labute approximate surface area is 157 Å². The van der Waals surface area contributed by atoms with Crippen molar-refractivity contribution in [3.63, 3.8) is 0 Å². The van der Waals surface area contributed by atoms with Gasteiger partial charge < -0.3 is 9.47 Å². The van der Waals surface area contributed by atoms with Crippen LogP contribution < -0.4 is 0 Å². The van der Waals surface area contributed by atoms with Crippen LogP contribution in [-0.2, 0) is 19.2 Å². The molecule has 0 bridgehead atoms. The second-order valence-electron chi connectivity index (χ2n) is 8.79. The van der Waals surface area contributed by atoms with Gasteiger partial charge in [-0.2, -0.15) is 0 Å². The van der Waals surface area contributed by atoms with E-state index in [2.05, 4.69) is 24.3 Å². The Bertz CT molecular complexity index is 811. The van der Waals surface area contributed by atoms with E-state index in [1.165, 1.54) is 5.57 Å². The Hall–Kier alpha value is -1.17. The first-order valence-electron chi connectivity index (χ1n) is 9.49. The summed E-state index contributed by atoms with van der Waals surface area (Å²) in [6.07, 6.45) is 5.19. The minimum absolute atomic E-state index is 0.105. The molecule has 0 amide bonds. The van der Waals surface area contributed by atoms with Crippen molar-refractivity contribution in [2.45, 2.75) is 43.8 Å². The second-order valence-corrected chi connectivity index (χ2v) is 11.2. The van der Waals surface area contributed by atoms with Gasteiger partial charge in [-0.15, -0.1) is 0 Å². The highest BCUT2D eigenvalue weighted by molar-refractivity contribution is 7.93. The molecule has 3 atom stereocenters. The topological polar surface area (TPSA) is 47.9 Å². The molecule has 0 N–H and O–H groups in total. The highest BCUT2D eigenvalue weighted by Gasteiger charge is 2.51. The summed E-state index contributed by atoms with van der Waals surface area (Å²) >= 11 is 0. The predicted molar refractivity (Wildman–Crippen MR) is 103 cm³/mol. The van der Waals surface area contributed by atoms with Crippen molar-refractivity contribution in [1.29, 1.82) is 0 Å². The number of hydrogen-bond acceptors (Lipinski definition) is 4.